The molecule has 1 heterocycles. The Morgan fingerprint density at radius 3 is 2.86 bits per heavy atom. The van der Waals surface area contributed by atoms with E-state index < -0.39 is 0 Å². The second-order valence-corrected chi connectivity index (χ2v) is 6.75. The first kappa shape index (κ1) is 15.1. The molecule has 0 amide bonds. The lowest BCUT2D eigenvalue weighted by atomic mass is 9.89. The molecule has 1 N–H and O–H groups in total. The van der Waals surface area contributed by atoms with Crippen LogP contribution in [0.3, 0.4) is 0 Å². The minimum atomic E-state index is 0.442. The molecule has 116 valence electrons. The van der Waals surface area contributed by atoms with Gasteiger partial charge in [-0.25, -0.2) is 0 Å². The van der Waals surface area contributed by atoms with Gasteiger partial charge in [0.2, 0.25) is 0 Å². The maximum atomic E-state index is 5.78. The van der Waals surface area contributed by atoms with Crippen molar-refractivity contribution in [2.24, 2.45) is 0 Å². The van der Waals surface area contributed by atoms with Crippen molar-refractivity contribution in [3.05, 3.63) is 34.9 Å². The predicted octanol–water partition coefficient (Wildman–Crippen LogP) is 4.17. The highest BCUT2D eigenvalue weighted by molar-refractivity contribution is 5.35. The minimum Gasteiger partial charge on any atom is -0.378 e. The molecule has 2 aliphatic rings. The molecule has 1 aromatic carbocycles. The SMILES string of the molecule is CCC1CC(NC(C)c2ccc3c(c2)CCCC3)CCO1. The highest BCUT2D eigenvalue weighted by atomic mass is 16.5. The molecule has 1 aromatic rings. The van der Waals surface area contributed by atoms with E-state index in [-0.39, 0.29) is 0 Å². The van der Waals surface area contributed by atoms with Gasteiger partial charge in [0, 0.05) is 18.7 Å². The van der Waals surface area contributed by atoms with Gasteiger partial charge >= 0.3 is 0 Å². The molecular formula is C19H29NO. The summed E-state index contributed by atoms with van der Waals surface area (Å²) in [5.41, 5.74) is 4.62. The predicted molar refractivity (Wildman–Crippen MR) is 87.7 cm³/mol. The van der Waals surface area contributed by atoms with Gasteiger partial charge in [-0.15, -0.1) is 0 Å². The summed E-state index contributed by atoms with van der Waals surface area (Å²) in [6, 6.07) is 8.19. The number of benzene rings is 1. The third kappa shape index (κ3) is 3.67. The Bertz CT molecular complexity index is 471. The number of rotatable bonds is 4. The van der Waals surface area contributed by atoms with E-state index in [2.05, 4.69) is 37.4 Å². The first-order valence-corrected chi connectivity index (χ1v) is 8.75. The second kappa shape index (κ2) is 6.93. The van der Waals surface area contributed by atoms with Crippen molar-refractivity contribution < 1.29 is 4.74 Å². The second-order valence-electron chi connectivity index (χ2n) is 6.75. The maximum Gasteiger partial charge on any atom is 0.0587 e. The van der Waals surface area contributed by atoms with Crippen molar-refractivity contribution in [2.75, 3.05) is 6.61 Å². The lowest BCUT2D eigenvalue weighted by Gasteiger charge is -2.32. The number of aryl methyl sites for hydroxylation is 2. The van der Waals surface area contributed by atoms with Crippen LogP contribution in [0.1, 0.15) is 68.7 Å². The van der Waals surface area contributed by atoms with E-state index in [1.807, 2.05) is 0 Å². The summed E-state index contributed by atoms with van der Waals surface area (Å²) in [7, 11) is 0. The molecule has 1 fully saturated rings. The van der Waals surface area contributed by atoms with Crippen LogP contribution >= 0.6 is 0 Å². The number of fused-ring (bicyclic) bond motifs is 1. The molecule has 2 heteroatoms. The summed E-state index contributed by atoms with van der Waals surface area (Å²) < 4.78 is 5.78. The summed E-state index contributed by atoms with van der Waals surface area (Å²) in [6.45, 7) is 5.44. The highest BCUT2D eigenvalue weighted by Gasteiger charge is 2.23. The summed E-state index contributed by atoms with van der Waals surface area (Å²) in [5, 5.41) is 3.83. The molecule has 0 spiro atoms. The Morgan fingerprint density at radius 1 is 1.24 bits per heavy atom. The normalized spacial score (nSPS) is 27.1. The smallest absolute Gasteiger partial charge is 0.0587 e. The fourth-order valence-electron chi connectivity index (χ4n) is 3.79. The van der Waals surface area contributed by atoms with Gasteiger partial charge in [-0.2, -0.15) is 0 Å². The van der Waals surface area contributed by atoms with Crippen LogP contribution in [0.25, 0.3) is 0 Å². The maximum absolute atomic E-state index is 5.78. The molecule has 1 saturated heterocycles. The van der Waals surface area contributed by atoms with Gasteiger partial charge < -0.3 is 10.1 Å². The standard InChI is InChI=1S/C19H29NO/c1-3-19-13-18(10-11-21-19)20-14(2)16-9-8-15-6-4-5-7-17(15)12-16/h8-9,12,14,18-20H,3-7,10-11,13H2,1-2H3. The summed E-state index contributed by atoms with van der Waals surface area (Å²) >= 11 is 0. The van der Waals surface area contributed by atoms with E-state index in [9.17, 15) is 0 Å². The summed E-state index contributed by atoms with van der Waals surface area (Å²) in [4.78, 5) is 0. The third-order valence-corrected chi connectivity index (χ3v) is 5.18. The molecule has 3 atom stereocenters. The molecule has 3 rings (SSSR count). The molecule has 1 aliphatic heterocycles. The lowest BCUT2D eigenvalue weighted by Crippen LogP contribution is -2.40. The van der Waals surface area contributed by atoms with E-state index in [0.29, 0.717) is 18.2 Å². The van der Waals surface area contributed by atoms with Crippen LogP contribution in [0.5, 0.6) is 0 Å². The van der Waals surface area contributed by atoms with Crippen molar-refractivity contribution in [3.8, 4) is 0 Å². The zero-order valence-corrected chi connectivity index (χ0v) is 13.5. The van der Waals surface area contributed by atoms with Crippen LogP contribution < -0.4 is 5.32 Å². The van der Waals surface area contributed by atoms with Crippen LogP contribution in [0, 0.1) is 0 Å². The monoisotopic (exact) mass is 287 g/mol. The number of ether oxygens (including phenoxy) is 1. The third-order valence-electron chi connectivity index (χ3n) is 5.18. The van der Waals surface area contributed by atoms with Crippen molar-refractivity contribution in [1.82, 2.24) is 5.32 Å². The Balaban J connectivity index is 1.63. The van der Waals surface area contributed by atoms with Crippen LogP contribution in [-0.4, -0.2) is 18.8 Å². The fourth-order valence-corrected chi connectivity index (χ4v) is 3.79. The van der Waals surface area contributed by atoms with E-state index in [1.54, 1.807) is 11.1 Å². The molecule has 1 aliphatic carbocycles. The lowest BCUT2D eigenvalue weighted by molar-refractivity contribution is -0.00165. The molecular weight excluding hydrogens is 258 g/mol. The van der Waals surface area contributed by atoms with Gasteiger partial charge in [-0.05, 0) is 68.6 Å². The van der Waals surface area contributed by atoms with Crippen molar-refractivity contribution >= 4 is 0 Å². The molecule has 21 heavy (non-hydrogen) atoms. The van der Waals surface area contributed by atoms with E-state index in [1.165, 1.54) is 31.2 Å². The quantitative estimate of drug-likeness (QED) is 0.897. The number of hydrogen-bond donors (Lipinski definition) is 1. The average molecular weight is 287 g/mol. The molecule has 0 aromatic heterocycles. The fraction of sp³-hybridized carbons (Fsp3) is 0.684. The first-order valence-electron chi connectivity index (χ1n) is 8.75. The van der Waals surface area contributed by atoms with Crippen LogP contribution in [0.4, 0.5) is 0 Å². The van der Waals surface area contributed by atoms with Gasteiger partial charge in [-0.1, -0.05) is 25.1 Å². The van der Waals surface area contributed by atoms with Gasteiger partial charge in [-0.3, -0.25) is 0 Å². The summed E-state index contributed by atoms with van der Waals surface area (Å²) in [6.07, 6.45) is 9.15. The Labute approximate surface area is 129 Å². The molecule has 0 bridgehead atoms. The molecule has 2 nitrogen and oxygen atoms in total. The van der Waals surface area contributed by atoms with Crippen LogP contribution in [0.2, 0.25) is 0 Å². The molecule has 0 radical (unpaired) electrons. The number of nitrogens with one attached hydrogen (secondary N) is 1. The van der Waals surface area contributed by atoms with Crippen LogP contribution in [0.15, 0.2) is 18.2 Å². The first-order chi connectivity index (χ1) is 10.3. The van der Waals surface area contributed by atoms with Crippen molar-refractivity contribution in [2.45, 2.75) is 77.0 Å². The summed E-state index contributed by atoms with van der Waals surface area (Å²) in [5.74, 6) is 0. The topological polar surface area (TPSA) is 21.3 Å². The van der Waals surface area contributed by atoms with Gasteiger partial charge in [0.15, 0.2) is 0 Å². The Kier molecular flexibility index (Phi) is 4.97. The van der Waals surface area contributed by atoms with E-state index >= 15 is 0 Å². The van der Waals surface area contributed by atoms with E-state index in [4.69, 9.17) is 4.74 Å². The Morgan fingerprint density at radius 2 is 2.05 bits per heavy atom. The number of hydrogen-bond acceptors (Lipinski definition) is 2. The highest BCUT2D eigenvalue weighted by Crippen LogP contribution is 2.26. The largest absolute Gasteiger partial charge is 0.378 e. The zero-order valence-electron chi connectivity index (χ0n) is 13.5. The zero-order chi connectivity index (χ0) is 14.7. The van der Waals surface area contributed by atoms with Gasteiger partial charge in [0.25, 0.3) is 0 Å². The van der Waals surface area contributed by atoms with Gasteiger partial charge in [0.05, 0.1) is 6.10 Å². The van der Waals surface area contributed by atoms with Crippen molar-refractivity contribution in [3.63, 3.8) is 0 Å². The molecule has 0 saturated carbocycles. The Hall–Kier alpha value is -0.860. The van der Waals surface area contributed by atoms with Gasteiger partial charge in [0.1, 0.15) is 0 Å². The molecule has 3 unspecified atom stereocenters. The minimum absolute atomic E-state index is 0.442. The van der Waals surface area contributed by atoms with E-state index in [0.717, 1.165) is 25.9 Å². The van der Waals surface area contributed by atoms with Crippen molar-refractivity contribution in [1.29, 1.82) is 0 Å². The van der Waals surface area contributed by atoms with Crippen LogP contribution in [-0.2, 0) is 17.6 Å². The average Bonchev–Trinajstić information content (AvgIpc) is 2.54.